The molecule has 0 atom stereocenters. The zero-order chi connectivity index (χ0) is 19.1. The first kappa shape index (κ1) is 23.1. The Morgan fingerprint density at radius 3 is 1.60 bits per heavy atom. The number of esters is 1. The predicted octanol–water partition coefficient (Wildman–Crippen LogP) is 4.18. The Labute approximate surface area is 150 Å². The van der Waals surface area contributed by atoms with Gasteiger partial charge in [0.1, 0.15) is 0 Å². The van der Waals surface area contributed by atoms with E-state index in [1.807, 2.05) is 0 Å². The van der Waals surface area contributed by atoms with Crippen molar-refractivity contribution in [3.05, 3.63) is 12.2 Å². The average molecular weight is 356 g/mol. The summed E-state index contributed by atoms with van der Waals surface area (Å²) in [6.45, 7) is 5.62. The molecular formula is C19H32O6. The Kier molecular flexibility index (Phi) is 13.4. The van der Waals surface area contributed by atoms with Crippen LogP contribution in [0.1, 0.15) is 77.6 Å². The van der Waals surface area contributed by atoms with E-state index in [2.05, 4.69) is 6.58 Å². The molecule has 0 saturated heterocycles. The minimum atomic E-state index is -1.27. The van der Waals surface area contributed by atoms with Crippen molar-refractivity contribution in [2.45, 2.75) is 77.6 Å². The molecule has 25 heavy (non-hydrogen) atoms. The lowest BCUT2D eigenvalue weighted by atomic mass is 10.00. The van der Waals surface area contributed by atoms with Crippen LogP contribution in [0, 0.1) is 5.92 Å². The lowest BCUT2D eigenvalue weighted by molar-refractivity contribution is -0.154. The van der Waals surface area contributed by atoms with Gasteiger partial charge in [0.25, 0.3) is 0 Å². The van der Waals surface area contributed by atoms with Crippen molar-refractivity contribution in [2.75, 3.05) is 6.61 Å². The van der Waals surface area contributed by atoms with Crippen LogP contribution in [0.3, 0.4) is 0 Å². The van der Waals surface area contributed by atoms with E-state index in [4.69, 9.17) is 14.9 Å². The second kappa shape index (κ2) is 14.5. The van der Waals surface area contributed by atoms with Gasteiger partial charge in [0.2, 0.25) is 0 Å². The molecule has 0 aliphatic heterocycles. The quantitative estimate of drug-likeness (QED) is 0.186. The maximum absolute atomic E-state index is 11.1. The summed E-state index contributed by atoms with van der Waals surface area (Å²) in [5.41, 5.74) is 0.432. The van der Waals surface area contributed by atoms with Crippen LogP contribution in [-0.4, -0.2) is 34.7 Å². The summed E-state index contributed by atoms with van der Waals surface area (Å²) in [6.07, 6.45) is 10.4. The molecule has 0 heterocycles. The Morgan fingerprint density at radius 1 is 0.800 bits per heavy atom. The van der Waals surface area contributed by atoms with Gasteiger partial charge in [-0.3, -0.25) is 9.59 Å². The van der Waals surface area contributed by atoms with Gasteiger partial charge in [-0.05, 0) is 19.8 Å². The van der Waals surface area contributed by atoms with Gasteiger partial charge in [-0.15, -0.1) is 0 Å². The smallest absolute Gasteiger partial charge is 0.333 e. The van der Waals surface area contributed by atoms with Gasteiger partial charge < -0.3 is 14.9 Å². The number of hydrogen-bond donors (Lipinski definition) is 2. The highest BCUT2D eigenvalue weighted by molar-refractivity contribution is 5.92. The van der Waals surface area contributed by atoms with Crippen LogP contribution in [0.4, 0.5) is 0 Å². The largest absolute Gasteiger partial charge is 0.481 e. The second-order valence-corrected chi connectivity index (χ2v) is 6.47. The van der Waals surface area contributed by atoms with Crippen molar-refractivity contribution in [1.82, 2.24) is 0 Å². The molecule has 0 rings (SSSR count). The highest BCUT2D eigenvalue weighted by Gasteiger charge is 2.24. The molecule has 144 valence electrons. The average Bonchev–Trinajstić information content (AvgIpc) is 2.53. The predicted molar refractivity (Wildman–Crippen MR) is 95.3 cm³/mol. The Bertz CT molecular complexity index is 416. The fourth-order valence-electron chi connectivity index (χ4n) is 2.51. The van der Waals surface area contributed by atoms with Gasteiger partial charge in [0.15, 0.2) is 5.92 Å². The van der Waals surface area contributed by atoms with E-state index in [0.29, 0.717) is 18.6 Å². The minimum absolute atomic E-state index is 0.209. The monoisotopic (exact) mass is 356 g/mol. The lowest BCUT2D eigenvalue weighted by Gasteiger charge is -2.07. The topological polar surface area (TPSA) is 101 Å². The molecule has 0 saturated carbocycles. The standard InChI is InChI=1S/C19H32O6/c1-15(2)19(24)25-14-12-10-8-6-4-3-5-7-9-11-13-16(17(20)21)18(22)23/h16H,1,3-14H2,2H3,(H,20,21)(H,22,23). The van der Waals surface area contributed by atoms with Crippen LogP contribution in [0.25, 0.3) is 0 Å². The third-order valence-electron chi connectivity index (χ3n) is 4.06. The number of carboxylic acids is 2. The molecule has 0 aliphatic rings. The molecule has 6 nitrogen and oxygen atoms in total. The molecule has 0 aromatic carbocycles. The first-order chi connectivity index (χ1) is 11.9. The molecule has 0 bridgehead atoms. The zero-order valence-electron chi connectivity index (χ0n) is 15.3. The highest BCUT2D eigenvalue weighted by atomic mass is 16.5. The van der Waals surface area contributed by atoms with Crippen LogP contribution in [-0.2, 0) is 19.1 Å². The maximum atomic E-state index is 11.1. The molecule has 0 aromatic rings. The second-order valence-electron chi connectivity index (χ2n) is 6.47. The number of ether oxygens (including phenoxy) is 1. The minimum Gasteiger partial charge on any atom is -0.481 e. The van der Waals surface area contributed by atoms with Gasteiger partial charge in [-0.25, -0.2) is 4.79 Å². The van der Waals surface area contributed by atoms with Crippen molar-refractivity contribution in [1.29, 1.82) is 0 Å². The SMILES string of the molecule is C=C(C)C(=O)OCCCCCCCCCCCCC(C(=O)O)C(=O)O. The fraction of sp³-hybridized carbons (Fsp3) is 0.737. The Hall–Kier alpha value is -1.85. The summed E-state index contributed by atoms with van der Waals surface area (Å²) in [7, 11) is 0. The van der Waals surface area contributed by atoms with Crippen molar-refractivity contribution in [3.8, 4) is 0 Å². The summed E-state index contributed by atoms with van der Waals surface area (Å²) in [5.74, 6) is -4.09. The summed E-state index contributed by atoms with van der Waals surface area (Å²) in [4.78, 5) is 32.6. The summed E-state index contributed by atoms with van der Waals surface area (Å²) in [6, 6.07) is 0. The van der Waals surface area contributed by atoms with Gasteiger partial charge in [-0.1, -0.05) is 64.4 Å². The van der Waals surface area contributed by atoms with Crippen LogP contribution in [0.5, 0.6) is 0 Å². The van der Waals surface area contributed by atoms with Crippen LogP contribution in [0.2, 0.25) is 0 Å². The first-order valence-electron chi connectivity index (χ1n) is 9.14. The van der Waals surface area contributed by atoms with Crippen molar-refractivity contribution >= 4 is 17.9 Å². The summed E-state index contributed by atoms with van der Waals surface area (Å²) >= 11 is 0. The van der Waals surface area contributed by atoms with Crippen LogP contribution >= 0.6 is 0 Å². The fourth-order valence-corrected chi connectivity index (χ4v) is 2.51. The molecule has 2 N–H and O–H groups in total. The molecule has 0 aromatic heterocycles. The third-order valence-corrected chi connectivity index (χ3v) is 4.06. The van der Waals surface area contributed by atoms with Crippen LogP contribution < -0.4 is 0 Å². The Morgan fingerprint density at radius 2 is 1.20 bits per heavy atom. The summed E-state index contributed by atoms with van der Waals surface area (Å²) in [5, 5.41) is 17.5. The number of hydrogen-bond acceptors (Lipinski definition) is 4. The number of aliphatic carboxylic acids is 2. The van der Waals surface area contributed by atoms with Crippen molar-refractivity contribution in [3.63, 3.8) is 0 Å². The number of carbonyl (C=O) groups excluding carboxylic acids is 1. The zero-order valence-corrected chi connectivity index (χ0v) is 15.3. The molecule has 0 amide bonds. The van der Waals surface area contributed by atoms with Gasteiger partial charge in [0.05, 0.1) is 6.61 Å². The van der Waals surface area contributed by atoms with Gasteiger partial charge in [0, 0.05) is 5.57 Å². The molecule has 0 aliphatic carbocycles. The normalized spacial score (nSPS) is 10.6. The number of carboxylic acid groups (broad SMARTS) is 2. The first-order valence-corrected chi connectivity index (χ1v) is 9.14. The molecule has 0 spiro atoms. The van der Waals surface area contributed by atoms with Gasteiger partial charge in [-0.2, -0.15) is 0 Å². The highest BCUT2D eigenvalue weighted by Crippen LogP contribution is 2.14. The molecule has 0 radical (unpaired) electrons. The van der Waals surface area contributed by atoms with E-state index < -0.39 is 17.9 Å². The Balaban J connectivity index is 3.34. The molecule has 0 unspecified atom stereocenters. The number of carbonyl (C=O) groups is 3. The number of rotatable bonds is 16. The molecular weight excluding hydrogens is 324 g/mol. The van der Waals surface area contributed by atoms with Crippen LogP contribution in [0.15, 0.2) is 12.2 Å². The van der Waals surface area contributed by atoms with E-state index in [1.54, 1.807) is 6.92 Å². The van der Waals surface area contributed by atoms with E-state index in [0.717, 1.165) is 51.4 Å². The lowest BCUT2D eigenvalue weighted by Crippen LogP contribution is -2.23. The molecule has 6 heteroatoms. The van der Waals surface area contributed by atoms with Crippen molar-refractivity contribution < 1.29 is 29.3 Å². The summed E-state index contributed by atoms with van der Waals surface area (Å²) < 4.78 is 5.02. The van der Waals surface area contributed by atoms with E-state index >= 15 is 0 Å². The van der Waals surface area contributed by atoms with E-state index in [1.165, 1.54) is 6.42 Å². The molecule has 0 fully saturated rings. The van der Waals surface area contributed by atoms with E-state index in [9.17, 15) is 14.4 Å². The van der Waals surface area contributed by atoms with Crippen molar-refractivity contribution in [2.24, 2.45) is 5.92 Å². The third kappa shape index (κ3) is 13.2. The maximum Gasteiger partial charge on any atom is 0.333 e. The van der Waals surface area contributed by atoms with E-state index in [-0.39, 0.29) is 12.4 Å². The number of unbranched alkanes of at least 4 members (excludes halogenated alkanes) is 9. The van der Waals surface area contributed by atoms with Gasteiger partial charge >= 0.3 is 17.9 Å².